The van der Waals surface area contributed by atoms with Gasteiger partial charge in [0.1, 0.15) is 0 Å². The molecule has 3 nitrogen and oxygen atoms in total. The molecule has 1 amide bonds. The van der Waals surface area contributed by atoms with Crippen molar-refractivity contribution in [2.24, 2.45) is 0 Å². The van der Waals surface area contributed by atoms with Gasteiger partial charge in [-0.1, -0.05) is 23.2 Å². The van der Waals surface area contributed by atoms with Crippen molar-refractivity contribution >= 4 is 51.7 Å². The lowest BCUT2D eigenvalue weighted by atomic mass is 10.2. The van der Waals surface area contributed by atoms with Crippen molar-refractivity contribution in [2.45, 2.75) is 6.04 Å². The maximum atomic E-state index is 11.9. The Bertz CT molecular complexity index is 435. The molecule has 86 valence electrons. The third-order valence-electron chi connectivity index (χ3n) is 2.21. The van der Waals surface area contributed by atoms with Crippen molar-refractivity contribution in [3.63, 3.8) is 0 Å². The minimum atomic E-state index is -0.165. The van der Waals surface area contributed by atoms with E-state index in [0.717, 1.165) is 0 Å². The quantitative estimate of drug-likeness (QED) is 0.641. The summed E-state index contributed by atoms with van der Waals surface area (Å²) < 4.78 is 5.69. The highest BCUT2D eigenvalue weighted by Gasteiger charge is 2.22. The molecule has 1 aliphatic heterocycles. The van der Waals surface area contributed by atoms with Crippen LogP contribution in [0.2, 0.25) is 10.0 Å². The monoisotopic (exact) mass is 371 g/mol. The van der Waals surface area contributed by atoms with E-state index >= 15 is 0 Å². The summed E-state index contributed by atoms with van der Waals surface area (Å²) in [6.45, 7) is 1.13. The molecule has 0 spiro atoms. The normalized spacial score (nSPS) is 15.7. The van der Waals surface area contributed by atoms with E-state index in [9.17, 15) is 4.79 Å². The number of ether oxygens (including phenoxy) is 1. The van der Waals surface area contributed by atoms with Gasteiger partial charge in [0.25, 0.3) is 5.91 Å². The number of amides is 1. The van der Waals surface area contributed by atoms with Crippen LogP contribution in [0.5, 0.6) is 0 Å². The fourth-order valence-corrected chi connectivity index (χ4v) is 2.35. The van der Waals surface area contributed by atoms with E-state index in [1.807, 2.05) is 22.6 Å². The summed E-state index contributed by atoms with van der Waals surface area (Å²) in [4.78, 5) is 11.9. The molecule has 6 heteroatoms. The molecule has 1 N–H and O–H groups in total. The van der Waals surface area contributed by atoms with Crippen LogP contribution >= 0.6 is 45.8 Å². The van der Waals surface area contributed by atoms with Gasteiger partial charge in [0, 0.05) is 8.59 Å². The molecule has 0 aliphatic carbocycles. The summed E-state index contributed by atoms with van der Waals surface area (Å²) in [5, 5.41) is 3.79. The highest BCUT2D eigenvalue weighted by atomic mass is 127. The summed E-state index contributed by atoms with van der Waals surface area (Å²) >= 11 is 13.8. The largest absolute Gasteiger partial charge is 0.377 e. The molecular formula is C10H8Cl2INO2. The van der Waals surface area contributed by atoms with Gasteiger partial charge in [-0.05, 0) is 34.7 Å². The molecule has 1 heterocycles. The zero-order valence-electron chi connectivity index (χ0n) is 8.10. The van der Waals surface area contributed by atoms with Crippen LogP contribution in [0.3, 0.4) is 0 Å². The van der Waals surface area contributed by atoms with Gasteiger partial charge in [-0.25, -0.2) is 0 Å². The van der Waals surface area contributed by atoms with E-state index < -0.39 is 0 Å². The topological polar surface area (TPSA) is 38.3 Å². The number of carbonyl (C=O) groups is 1. The highest BCUT2D eigenvalue weighted by Crippen LogP contribution is 2.26. The molecule has 1 aromatic rings. The van der Waals surface area contributed by atoms with Gasteiger partial charge in [-0.15, -0.1) is 0 Å². The maximum absolute atomic E-state index is 11.9. The number of hydrogen-bond donors (Lipinski definition) is 1. The van der Waals surface area contributed by atoms with Gasteiger partial charge >= 0.3 is 0 Å². The molecule has 0 radical (unpaired) electrons. The Morgan fingerprint density at radius 2 is 2.12 bits per heavy atom. The minimum absolute atomic E-state index is 0.0982. The number of halogens is 3. The first-order chi connectivity index (χ1) is 7.58. The van der Waals surface area contributed by atoms with E-state index in [1.165, 1.54) is 0 Å². The van der Waals surface area contributed by atoms with Crippen LogP contribution in [-0.4, -0.2) is 25.2 Å². The standard InChI is InChI=1S/C10H8Cl2INO2/c11-5-1-7(9(13)8(12)2-5)10(15)14-6-3-16-4-6/h1-2,6H,3-4H2,(H,14,15). The summed E-state index contributed by atoms with van der Waals surface area (Å²) in [5.41, 5.74) is 0.505. The fourth-order valence-electron chi connectivity index (χ4n) is 1.30. The predicted octanol–water partition coefficient (Wildman–Crippen LogP) is 2.73. The molecule has 0 aromatic heterocycles. The van der Waals surface area contributed by atoms with Crippen LogP contribution in [0, 0.1) is 3.57 Å². The first-order valence-electron chi connectivity index (χ1n) is 4.61. The van der Waals surface area contributed by atoms with Gasteiger partial charge < -0.3 is 10.1 Å². The first-order valence-corrected chi connectivity index (χ1v) is 6.44. The number of carbonyl (C=O) groups excluding carboxylic acids is 1. The molecule has 0 saturated carbocycles. The Morgan fingerprint density at radius 3 is 2.69 bits per heavy atom. The smallest absolute Gasteiger partial charge is 0.252 e. The van der Waals surface area contributed by atoms with E-state index in [4.69, 9.17) is 27.9 Å². The van der Waals surface area contributed by atoms with Crippen LogP contribution in [0.15, 0.2) is 12.1 Å². The van der Waals surface area contributed by atoms with Crippen molar-refractivity contribution in [1.82, 2.24) is 5.32 Å². The van der Waals surface area contributed by atoms with Crippen LogP contribution in [0.1, 0.15) is 10.4 Å². The molecule has 2 rings (SSSR count). The zero-order chi connectivity index (χ0) is 11.7. The Hall–Kier alpha value is -0.0400. The third-order valence-corrected chi connectivity index (χ3v) is 4.21. The lowest BCUT2D eigenvalue weighted by Crippen LogP contribution is -2.48. The van der Waals surface area contributed by atoms with Crippen LogP contribution in [0.4, 0.5) is 0 Å². The molecule has 1 aromatic carbocycles. The molecule has 0 atom stereocenters. The summed E-state index contributed by atoms with van der Waals surface area (Å²) in [5.74, 6) is -0.165. The fraction of sp³-hybridized carbons (Fsp3) is 0.300. The lowest BCUT2D eigenvalue weighted by molar-refractivity contribution is -0.00347. The second kappa shape index (κ2) is 5.08. The predicted molar refractivity (Wildman–Crippen MR) is 71.3 cm³/mol. The molecule has 16 heavy (non-hydrogen) atoms. The Morgan fingerprint density at radius 1 is 1.44 bits per heavy atom. The zero-order valence-corrected chi connectivity index (χ0v) is 11.8. The average Bonchev–Trinajstić information content (AvgIpc) is 2.17. The SMILES string of the molecule is O=C(NC1COC1)c1cc(Cl)cc(Cl)c1I. The second-order valence-corrected chi connectivity index (χ2v) is 5.38. The first kappa shape index (κ1) is 12.4. The van der Waals surface area contributed by atoms with E-state index in [2.05, 4.69) is 5.32 Å². The minimum Gasteiger partial charge on any atom is -0.377 e. The number of hydrogen-bond acceptors (Lipinski definition) is 2. The van der Waals surface area contributed by atoms with Gasteiger partial charge in [0.15, 0.2) is 0 Å². The molecule has 0 bridgehead atoms. The number of nitrogens with one attached hydrogen (secondary N) is 1. The maximum Gasteiger partial charge on any atom is 0.252 e. The molecule has 1 aliphatic rings. The van der Waals surface area contributed by atoms with Crippen LogP contribution in [0.25, 0.3) is 0 Å². The third kappa shape index (κ3) is 2.61. The van der Waals surface area contributed by atoms with Gasteiger partial charge in [-0.3, -0.25) is 4.79 Å². The highest BCUT2D eigenvalue weighted by molar-refractivity contribution is 14.1. The van der Waals surface area contributed by atoms with Gasteiger partial charge in [0.2, 0.25) is 0 Å². The Balaban J connectivity index is 2.21. The Labute approximate surface area is 117 Å². The van der Waals surface area contributed by atoms with Crippen LogP contribution in [-0.2, 0) is 4.74 Å². The molecular weight excluding hydrogens is 364 g/mol. The van der Waals surface area contributed by atoms with Gasteiger partial charge in [0.05, 0.1) is 29.8 Å². The summed E-state index contributed by atoms with van der Waals surface area (Å²) in [7, 11) is 0. The van der Waals surface area contributed by atoms with Crippen molar-refractivity contribution in [1.29, 1.82) is 0 Å². The Kier molecular flexibility index (Phi) is 3.94. The lowest BCUT2D eigenvalue weighted by Gasteiger charge is -2.27. The second-order valence-electron chi connectivity index (χ2n) is 3.46. The summed E-state index contributed by atoms with van der Waals surface area (Å²) in [6.07, 6.45) is 0. The van der Waals surface area contributed by atoms with Crippen molar-refractivity contribution in [2.75, 3.05) is 13.2 Å². The van der Waals surface area contributed by atoms with Gasteiger partial charge in [-0.2, -0.15) is 0 Å². The van der Waals surface area contributed by atoms with E-state index in [1.54, 1.807) is 12.1 Å². The van der Waals surface area contributed by atoms with Crippen LogP contribution < -0.4 is 5.32 Å². The average molecular weight is 372 g/mol. The molecule has 0 unspecified atom stereocenters. The van der Waals surface area contributed by atoms with E-state index in [0.29, 0.717) is 32.4 Å². The number of rotatable bonds is 2. The van der Waals surface area contributed by atoms with E-state index in [-0.39, 0.29) is 11.9 Å². The van der Waals surface area contributed by atoms with Crippen molar-refractivity contribution < 1.29 is 9.53 Å². The molecule has 1 saturated heterocycles. The number of benzene rings is 1. The van der Waals surface area contributed by atoms with Crippen molar-refractivity contribution in [3.8, 4) is 0 Å². The van der Waals surface area contributed by atoms with Crippen molar-refractivity contribution in [3.05, 3.63) is 31.3 Å². The summed E-state index contributed by atoms with van der Waals surface area (Å²) in [6, 6.07) is 3.33. The molecule has 1 fully saturated rings.